The van der Waals surface area contributed by atoms with Crippen molar-refractivity contribution < 1.29 is 9.59 Å². The minimum absolute atomic E-state index is 0.275. The van der Waals surface area contributed by atoms with Gasteiger partial charge in [0.15, 0.2) is 5.78 Å². The first-order chi connectivity index (χ1) is 7.66. The molecule has 16 heavy (non-hydrogen) atoms. The van der Waals surface area contributed by atoms with E-state index in [4.69, 9.17) is 5.73 Å². The molecule has 1 aromatic heterocycles. The number of amides is 1. The number of aromatic nitrogens is 1. The van der Waals surface area contributed by atoms with Gasteiger partial charge in [0.1, 0.15) is 5.69 Å². The van der Waals surface area contributed by atoms with Gasteiger partial charge in [-0.2, -0.15) is 0 Å². The highest BCUT2D eigenvalue weighted by atomic mass is 16.2. The number of carbonyl (C=O) groups is 2. The molecule has 0 spiro atoms. The molecule has 0 aliphatic heterocycles. The molecule has 0 saturated carbocycles. The first kappa shape index (κ1) is 10.3. The van der Waals surface area contributed by atoms with Crippen molar-refractivity contribution in [2.24, 2.45) is 5.73 Å². The van der Waals surface area contributed by atoms with Gasteiger partial charge in [-0.15, -0.1) is 0 Å². The Balaban J connectivity index is 2.39. The van der Waals surface area contributed by atoms with Crippen LogP contribution in [0.2, 0.25) is 0 Å². The van der Waals surface area contributed by atoms with E-state index in [0.717, 1.165) is 10.9 Å². The molecule has 0 bridgehead atoms. The van der Waals surface area contributed by atoms with Crippen LogP contribution in [0.15, 0.2) is 36.4 Å². The van der Waals surface area contributed by atoms with Crippen molar-refractivity contribution in [3.63, 3.8) is 0 Å². The number of benzene rings is 1. The van der Waals surface area contributed by atoms with Gasteiger partial charge in [0.05, 0.1) is 11.9 Å². The zero-order valence-electron chi connectivity index (χ0n) is 8.51. The van der Waals surface area contributed by atoms with E-state index in [-0.39, 0.29) is 17.9 Å². The highest BCUT2D eigenvalue weighted by Crippen LogP contribution is 2.12. The zero-order chi connectivity index (χ0) is 11.5. The van der Waals surface area contributed by atoms with Crippen LogP contribution in [0.25, 0.3) is 10.9 Å². The van der Waals surface area contributed by atoms with Crippen LogP contribution in [0.1, 0.15) is 16.9 Å². The second kappa shape index (κ2) is 4.10. The Hall–Kier alpha value is -2.23. The van der Waals surface area contributed by atoms with Crippen LogP contribution < -0.4 is 5.73 Å². The molecular formula is C12H10N2O2. The van der Waals surface area contributed by atoms with Crippen LogP contribution in [0.4, 0.5) is 0 Å². The van der Waals surface area contributed by atoms with Gasteiger partial charge in [-0.25, -0.2) is 4.98 Å². The maximum absolute atomic E-state index is 11.5. The van der Waals surface area contributed by atoms with Crippen molar-refractivity contribution in [2.75, 3.05) is 0 Å². The highest BCUT2D eigenvalue weighted by molar-refractivity contribution is 6.06. The van der Waals surface area contributed by atoms with Crippen LogP contribution in [-0.2, 0) is 4.79 Å². The monoisotopic (exact) mass is 214 g/mol. The SMILES string of the molecule is NC(=O)CC(=O)c1ccc2ccccc2n1. The smallest absolute Gasteiger partial charge is 0.225 e. The van der Waals surface area contributed by atoms with Gasteiger partial charge < -0.3 is 5.73 Å². The van der Waals surface area contributed by atoms with Crippen LogP contribution in [0, 0.1) is 0 Å². The number of fused-ring (bicyclic) bond motifs is 1. The molecule has 80 valence electrons. The molecule has 1 amide bonds. The number of hydrogen-bond donors (Lipinski definition) is 1. The minimum atomic E-state index is -0.639. The molecule has 0 fully saturated rings. The molecule has 0 saturated heterocycles. The number of rotatable bonds is 3. The standard InChI is InChI=1S/C12H10N2O2/c13-12(16)7-11(15)10-6-5-8-3-1-2-4-9(8)14-10/h1-6H,7H2,(H2,13,16). The maximum Gasteiger partial charge on any atom is 0.225 e. The van der Waals surface area contributed by atoms with E-state index in [9.17, 15) is 9.59 Å². The van der Waals surface area contributed by atoms with Crippen molar-refractivity contribution in [2.45, 2.75) is 6.42 Å². The Morgan fingerprint density at radius 3 is 2.62 bits per heavy atom. The van der Waals surface area contributed by atoms with Gasteiger partial charge in [0, 0.05) is 5.39 Å². The third kappa shape index (κ3) is 2.06. The fourth-order valence-corrected chi connectivity index (χ4v) is 1.47. The van der Waals surface area contributed by atoms with Crippen LogP contribution in [0.5, 0.6) is 0 Å². The summed E-state index contributed by atoms with van der Waals surface area (Å²) in [6.07, 6.45) is -0.300. The number of pyridine rings is 1. The fourth-order valence-electron chi connectivity index (χ4n) is 1.47. The summed E-state index contributed by atoms with van der Waals surface area (Å²) < 4.78 is 0. The second-order valence-electron chi connectivity index (χ2n) is 3.46. The van der Waals surface area contributed by atoms with Crippen molar-refractivity contribution in [3.8, 4) is 0 Å². The molecule has 0 radical (unpaired) electrons. The summed E-state index contributed by atoms with van der Waals surface area (Å²) in [6.45, 7) is 0. The fraction of sp³-hybridized carbons (Fsp3) is 0.0833. The molecule has 2 aromatic rings. The van der Waals surface area contributed by atoms with E-state index >= 15 is 0 Å². The van der Waals surface area contributed by atoms with Crippen LogP contribution in [-0.4, -0.2) is 16.7 Å². The van der Waals surface area contributed by atoms with Crippen molar-refractivity contribution in [1.82, 2.24) is 4.98 Å². The van der Waals surface area contributed by atoms with Gasteiger partial charge in [-0.3, -0.25) is 9.59 Å². The molecule has 0 atom stereocenters. The van der Waals surface area contributed by atoms with Gasteiger partial charge in [0.25, 0.3) is 0 Å². The molecule has 1 aromatic carbocycles. The highest BCUT2D eigenvalue weighted by Gasteiger charge is 2.10. The van der Waals surface area contributed by atoms with E-state index in [1.54, 1.807) is 12.1 Å². The predicted octanol–water partition coefficient (Wildman–Crippen LogP) is 1.29. The number of primary amides is 1. The first-order valence-electron chi connectivity index (χ1n) is 4.84. The molecule has 2 rings (SSSR count). The Kier molecular flexibility index (Phi) is 2.64. The summed E-state index contributed by atoms with van der Waals surface area (Å²) in [7, 11) is 0. The molecule has 2 N–H and O–H groups in total. The molecule has 0 aliphatic rings. The number of ketones is 1. The summed E-state index contributed by atoms with van der Waals surface area (Å²) in [5.74, 6) is -0.988. The lowest BCUT2D eigenvalue weighted by Crippen LogP contribution is -2.16. The van der Waals surface area contributed by atoms with E-state index in [0.29, 0.717) is 0 Å². The van der Waals surface area contributed by atoms with Gasteiger partial charge >= 0.3 is 0 Å². The summed E-state index contributed by atoms with van der Waals surface area (Å²) in [5, 5.41) is 0.957. The molecule has 0 unspecified atom stereocenters. The number of nitrogens with two attached hydrogens (primary N) is 1. The normalized spacial score (nSPS) is 10.2. The maximum atomic E-state index is 11.5. The van der Waals surface area contributed by atoms with Crippen LogP contribution in [0.3, 0.4) is 0 Å². The number of para-hydroxylation sites is 1. The Labute approximate surface area is 92.1 Å². The zero-order valence-corrected chi connectivity index (χ0v) is 8.51. The largest absolute Gasteiger partial charge is 0.369 e. The number of carbonyl (C=O) groups excluding carboxylic acids is 2. The van der Waals surface area contributed by atoms with E-state index < -0.39 is 5.91 Å². The van der Waals surface area contributed by atoms with Crippen molar-refractivity contribution in [1.29, 1.82) is 0 Å². The summed E-state index contributed by atoms with van der Waals surface area (Å²) in [4.78, 5) is 26.3. The van der Waals surface area contributed by atoms with E-state index in [2.05, 4.69) is 4.98 Å². The predicted molar refractivity (Wildman–Crippen MR) is 59.9 cm³/mol. The third-order valence-electron chi connectivity index (χ3n) is 2.22. The molecule has 4 heteroatoms. The van der Waals surface area contributed by atoms with E-state index in [1.807, 2.05) is 24.3 Å². The molecule has 4 nitrogen and oxygen atoms in total. The topological polar surface area (TPSA) is 73.1 Å². The Morgan fingerprint density at radius 2 is 1.88 bits per heavy atom. The Bertz CT molecular complexity index is 564. The number of nitrogens with zero attached hydrogens (tertiary/aromatic N) is 1. The lowest BCUT2D eigenvalue weighted by atomic mass is 10.1. The quantitative estimate of drug-likeness (QED) is 0.618. The van der Waals surface area contributed by atoms with Crippen LogP contribution >= 0.6 is 0 Å². The molecular weight excluding hydrogens is 204 g/mol. The van der Waals surface area contributed by atoms with Gasteiger partial charge in [-0.1, -0.05) is 24.3 Å². The molecule has 1 heterocycles. The summed E-state index contributed by atoms with van der Waals surface area (Å²) in [6, 6.07) is 10.9. The third-order valence-corrected chi connectivity index (χ3v) is 2.22. The summed E-state index contributed by atoms with van der Waals surface area (Å²) in [5.41, 5.74) is 5.97. The average molecular weight is 214 g/mol. The number of hydrogen-bond acceptors (Lipinski definition) is 3. The molecule has 0 aliphatic carbocycles. The second-order valence-corrected chi connectivity index (χ2v) is 3.46. The lowest BCUT2D eigenvalue weighted by Gasteiger charge is -2.00. The number of Topliss-reactive ketones (excluding diaryl/α,β-unsaturated/α-hetero) is 1. The van der Waals surface area contributed by atoms with Crippen molar-refractivity contribution in [3.05, 3.63) is 42.1 Å². The van der Waals surface area contributed by atoms with E-state index in [1.165, 1.54) is 0 Å². The van der Waals surface area contributed by atoms with Crippen molar-refractivity contribution >= 4 is 22.6 Å². The first-order valence-corrected chi connectivity index (χ1v) is 4.84. The van der Waals surface area contributed by atoms with Gasteiger partial charge in [-0.05, 0) is 12.1 Å². The Morgan fingerprint density at radius 1 is 1.12 bits per heavy atom. The average Bonchev–Trinajstić information content (AvgIpc) is 2.27. The van der Waals surface area contributed by atoms with Gasteiger partial charge in [0.2, 0.25) is 5.91 Å². The summed E-state index contributed by atoms with van der Waals surface area (Å²) >= 11 is 0. The minimum Gasteiger partial charge on any atom is -0.369 e. The lowest BCUT2D eigenvalue weighted by molar-refractivity contribution is -0.117.